The molecule has 0 spiro atoms. The monoisotopic (exact) mass is 295 g/mol. The maximum absolute atomic E-state index is 6.21. The van der Waals surface area contributed by atoms with Gasteiger partial charge in [-0.2, -0.15) is 5.10 Å². The highest BCUT2D eigenvalue weighted by Crippen LogP contribution is 2.39. The summed E-state index contributed by atoms with van der Waals surface area (Å²) >= 11 is 6.21. The van der Waals surface area contributed by atoms with E-state index in [4.69, 9.17) is 16.6 Å². The van der Waals surface area contributed by atoms with Gasteiger partial charge in [0.1, 0.15) is 5.84 Å². The summed E-state index contributed by atoms with van der Waals surface area (Å²) in [4.78, 5) is 4.77. The number of aliphatic imine (C=N–C) groups is 1. The van der Waals surface area contributed by atoms with Gasteiger partial charge in [0.25, 0.3) is 0 Å². The first kappa shape index (κ1) is 12.6. The molecule has 0 saturated carbocycles. The number of hydrogen-bond donors (Lipinski definition) is 1. The number of nitrogens with one attached hydrogen (secondary N) is 1. The molecule has 0 radical (unpaired) electrons. The van der Waals surface area contributed by atoms with Crippen LogP contribution < -0.4 is 5.43 Å². The molecule has 0 bridgehead atoms. The molecule has 0 unspecified atom stereocenters. The predicted octanol–water partition coefficient (Wildman–Crippen LogP) is 3.51. The van der Waals surface area contributed by atoms with Crippen molar-refractivity contribution >= 4 is 28.7 Å². The Kier molecular flexibility index (Phi) is 2.82. The number of fused-ring (bicyclic) bond motifs is 2. The summed E-state index contributed by atoms with van der Waals surface area (Å²) in [5, 5.41) is 5.10. The Labute approximate surface area is 128 Å². The largest absolute Gasteiger partial charge is 0.264 e. The van der Waals surface area contributed by atoms with Crippen LogP contribution in [-0.4, -0.2) is 17.6 Å². The smallest absolute Gasteiger partial charge is 0.131 e. The van der Waals surface area contributed by atoms with E-state index in [1.54, 1.807) is 0 Å². The molecule has 0 saturated heterocycles. The number of rotatable bonds is 1. The fourth-order valence-corrected chi connectivity index (χ4v) is 3.30. The van der Waals surface area contributed by atoms with Gasteiger partial charge < -0.3 is 0 Å². The maximum Gasteiger partial charge on any atom is 0.131 e. The summed E-state index contributed by atoms with van der Waals surface area (Å²) in [6.45, 7) is 2.04. The first-order valence-electron chi connectivity index (χ1n) is 6.97. The van der Waals surface area contributed by atoms with Gasteiger partial charge >= 0.3 is 0 Å². The van der Waals surface area contributed by atoms with Crippen LogP contribution in [0.5, 0.6) is 0 Å². The molecular weight excluding hydrogens is 282 g/mol. The first-order valence-corrected chi connectivity index (χ1v) is 7.34. The molecule has 4 heteroatoms. The molecule has 2 heterocycles. The minimum Gasteiger partial charge on any atom is -0.264 e. The van der Waals surface area contributed by atoms with E-state index in [0.29, 0.717) is 0 Å². The predicted molar refractivity (Wildman–Crippen MR) is 87.4 cm³/mol. The molecule has 4 rings (SSSR count). The SMILES string of the molecule is CC1=NNC2=N[C@H]3C=CC(Cl)=CC3=C(c3ccccc3)[C@H]12. The average Bonchev–Trinajstić information content (AvgIpc) is 2.87. The van der Waals surface area contributed by atoms with Gasteiger partial charge in [0.2, 0.25) is 0 Å². The van der Waals surface area contributed by atoms with Crippen molar-refractivity contribution in [3.8, 4) is 0 Å². The summed E-state index contributed by atoms with van der Waals surface area (Å²) in [6, 6.07) is 10.4. The lowest BCUT2D eigenvalue weighted by Crippen LogP contribution is -2.32. The number of dihydropyridines is 1. The number of nitrogens with zero attached hydrogens (tertiary/aromatic N) is 2. The van der Waals surface area contributed by atoms with Crippen LogP contribution in [0.25, 0.3) is 5.57 Å². The molecule has 2 atom stereocenters. The lowest BCUT2D eigenvalue weighted by atomic mass is 9.80. The summed E-state index contributed by atoms with van der Waals surface area (Å²) < 4.78 is 0. The Morgan fingerprint density at radius 2 is 2.00 bits per heavy atom. The fourth-order valence-electron chi connectivity index (χ4n) is 3.11. The highest BCUT2D eigenvalue weighted by molar-refractivity contribution is 6.31. The van der Waals surface area contributed by atoms with Crippen molar-refractivity contribution in [1.29, 1.82) is 0 Å². The summed E-state index contributed by atoms with van der Waals surface area (Å²) in [7, 11) is 0. The van der Waals surface area contributed by atoms with Gasteiger partial charge in [-0.25, -0.2) is 0 Å². The van der Waals surface area contributed by atoms with Crippen LogP contribution in [-0.2, 0) is 0 Å². The molecule has 0 amide bonds. The lowest BCUT2D eigenvalue weighted by Gasteiger charge is -2.29. The molecule has 3 nitrogen and oxygen atoms in total. The third-order valence-corrected chi connectivity index (χ3v) is 4.29. The third kappa shape index (κ3) is 1.96. The summed E-state index contributed by atoms with van der Waals surface area (Å²) in [5.74, 6) is 1.03. The van der Waals surface area contributed by atoms with Gasteiger partial charge in [0.05, 0.1) is 17.7 Å². The second-order valence-electron chi connectivity index (χ2n) is 5.38. The molecule has 1 aromatic carbocycles. The first-order chi connectivity index (χ1) is 10.2. The van der Waals surface area contributed by atoms with E-state index in [-0.39, 0.29) is 12.0 Å². The number of hydrazone groups is 1. The Balaban J connectivity index is 1.96. The number of halogens is 1. The zero-order valence-corrected chi connectivity index (χ0v) is 12.3. The van der Waals surface area contributed by atoms with E-state index in [1.807, 2.05) is 31.2 Å². The number of hydrogen-bond acceptors (Lipinski definition) is 3. The van der Waals surface area contributed by atoms with E-state index in [2.05, 4.69) is 34.8 Å². The minimum atomic E-state index is 0.0163. The number of benzene rings is 1. The summed E-state index contributed by atoms with van der Waals surface area (Å²) in [5.41, 5.74) is 7.72. The van der Waals surface area contributed by atoms with Crippen molar-refractivity contribution in [1.82, 2.24) is 5.43 Å². The van der Waals surface area contributed by atoms with Crippen molar-refractivity contribution in [2.24, 2.45) is 16.0 Å². The maximum atomic E-state index is 6.21. The Hall–Kier alpha value is -2.13. The van der Waals surface area contributed by atoms with Crippen LogP contribution in [0, 0.1) is 5.92 Å². The topological polar surface area (TPSA) is 36.8 Å². The Morgan fingerprint density at radius 3 is 2.81 bits per heavy atom. The highest BCUT2D eigenvalue weighted by Gasteiger charge is 2.37. The molecule has 21 heavy (non-hydrogen) atoms. The van der Waals surface area contributed by atoms with Crippen LogP contribution in [0.2, 0.25) is 0 Å². The van der Waals surface area contributed by atoms with Crippen molar-refractivity contribution in [3.05, 3.63) is 64.7 Å². The van der Waals surface area contributed by atoms with Gasteiger partial charge in [0.15, 0.2) is 0 Å². The highest BCUT2D eigenvalue weighted by atomic mass is 35.5. The number of amidine groups is 1. The van der Waals surface area contributed by atoms with Gasteiger partial charge in [-0.1, -0.05) is 48.0 Å². The molecule has 104 valence electrons. The average molecular weight is 296 g/mol. The van der Waals surface area contributed by atoms with Crippen molar-refractivity contribution in [2.45, 2.75) is 13.0 Å². The molecular formula is C17H14ClN3. The van der Waals surface area contributed by atoms with Gasteiger partial charge in [0, 0.05) is 5.03 Å². The summed E-state index contributed by atoms with van der Waals surface area (Å²) in [6.07, 6.45) is 5.98. The second-order valence-corrected chi connectivity index (χ2v) is 5.82. The zero-order valence-electron chi connectivity index (χ0n) is 11.5. The van der Waals surface area contributed by atoms with Crippen LogP contribution >= 0.6 is 11.6 Å². The molecule has 3 aliphatic rings. The van der Waals surface area contributed by atoms with Gasteiger partial charge in [-0.05, 0) is 35.8 Å². The molecule has 1 aliphatic carbocycles. The van der Waals surface area contributed by atoms with Crippen LogP contribution in [0.15, 0.2) is 69.3 Å². The van der Waals surface area contributed by atoms with Crippen molar-refractivity contribution in [3.63, 3.8) is 0 Å². The van der Waals surface area contributed by atoms with Crippen LogP contribution in [0.1, 0.15) is 12.5 Å². The molecule has 1 aromatic rings. The molecule has 2 aliphatic heterocycles. The van der Waals surface area contributed by atoms with Crippen molar-refractivity contribution < 1.29 is 0 Å². The molecule has 0 fully saturated rings. The number of allylic oxidation sites excluding steroid dienone is 2. The van der Waals surface area contributed by atoms with Crippen LogP contribution in [0.4, 0.5) is 0 Å². The van der Waals surface area contributed by atoms with Crippen molar-refractivity contribution in [2.75, 3.05) is 0 Å². The standard InChI is InChI=1S/C17H14ClN3/c1-10-15-16(11-5-3-2-4-6-11)13-9-12(18)7-8-14(13)19-17(15)21-20-10/h2-9,14-15H,1H3,(H,19,21)/t14-,15-/m0/s1. The van der Waals surface area contributed by atoms with E-state index < -0.39 is 0 Å². The van der Waals surface area contributed by atoms with Gasteiger partial charge in [-0.15, -0.1) is 0 Å². The minimum absolute atomic E-state index is 0.0163. The van der Waals surface area contributed by atoms with Gasteiger partial charge in [-0.3, -0.25) is 10.4 Å². The normalized spacial score (nSPS) is 26.5. The van der Waals surface area contributed by atoms with E-state index in [1.165, 1.54) is 16.7 Å². The van der Waals surface area contributed by atoms with E-state index >= 15 is 0 Å². The Bertz CT molecular complexity index is 753. The lowest BCUT2D eigenvalue weighted by molar-refractivity contribution is 0.893. The molecule has 1 N–H and O–H groups in total. The third-order valence-electron chi connectivity index (χ3n) is 4.05. The zero-order chi connectivity index (χ0) is 14.4. The molecule has 0 aromatic heterocycles. The second kappa shape index (κ2) is 4.71. The fraction of sp³-hybridized carbons (Fsp3) is 0.176. The van der Waals surface area contributed by atoms with E-state index in [0.717, 1.165) is 16.6 Å². The Morgan fingerprint density at radius 1 is 1.19 bits per heavy atom. The van der Waals surface area contributed by atoms with E-state index in [9.17, 15) is 0 Å². The van der Waals surface area contributed by atoms with Crippen LogP contribution in [0.3, 0.4) is 0 Å². The quantitative estimate of drug-likeness (QED) is 0.846.